The molecule has 1 aromatic carbocycles. The number of hydrogen-bond donors (Lipinski definition) is 0. The number of hydrogen-bond acceptors (Lipinski definition) is 2. The Kier molecular flexibility index (Phi) is 5.66. The van der Waals surface area contributed by atoms with Crippen LogP contribution in [0.1, 0.15) is 56.6 Å². The highest BCUT2D eigenvalue weighted by atomic mass is 16.5. The molecule has 1 aliphatic rings. The van der Waals surface area contributed by atoms with E-state index in [0.29, 0.717) is 5.92 Å². The van der Waals surface area contributed by atoms with E-state index in [9.17, 15) is 4.79 Å². The Bertz CT molecular complexity index is 474. The molecule has 0 unspecified atom stereocenters. The Morgan fingerprint density at radius 3 is 2.48 bits per heavy atom. The minimum Gasteiger partial charge on any atom is -0.483 e. The first-order chi connectivity index (χ1) is 10.1. The molecular formula is C18H27NO2. The summed E-state index contributed by atoms with van der Waals surface area (Å²) in [5.74, 6) is 1.42. The number of amides is 1. The van der Waals surface area contributed by atoms with Crippen LogP contribution in [0.5, 0.6) is 5.75 Å². The molecule has 0 aromatic heterocycles. The monoisotopic (exact) mass is 289 g/mol. The van der Waals surface area contributed by atoms with Gasteiger partial charge in [-0.2, -0.15) is 0 Å². The number of likely N-dealkylation sites (tertiary alicyclic amines) is 1. The molecule has 0 radical (unpaired) electrons. The molecule has 0 atom stereocenters. The summed E-state index contributed by atoms with van der Waals surface area (Å²) in [6.45, 7) is 8.27. The van der Waals surface area contributed by atoms with E-state index in [1.807, 2.05) is 11.8 Å². The third kappa shape index (κ3) is 4.48. The molecule has 1 amide bonds. The molecule has 1 aliphatic heterocycles. The Hall–Kier alpha value is -1.51. The molecule has 0 spiro atoms. The van der Waals surface area contributed by atoms with E-state index >= 15 is 0 Å². The van der Waals surface area contributed by atoms with Crippen molar-refractivity contribution in [2.24, 2.45) is 0 Å². The van der Waals surface area contributed by atoms with E-state index in [-0.39, 0.29) is 12.5 Å². The van der Waals surface area contributed by atoms with Crippen LogP contribution in [0, 0.1) is 6.92 Å². The molecule has 116 valence electrons. The molecule has 1 aromatic rings. The molecule has 1 saturated heterocycles. The molecular weight excluding hydrogens is 262 g/mol. The highest BCUT2D eigenvalue weighted by Crippen LogP contribution is 2.24. The van der Waals surface area contributed by atoms with Crippen LogP contribution >= 0.6 is 0 Å². The van der Waals surface area contributed by atoms with Gasteiger partial charge in [0.1, 0.15) is 5.75 Å². The fourth-order valence-corrected chi connectivity index (χ4v) is 2.68. The van der Waals surface area contributed by atoms with Gasteiger partial charge in [-0.25, -0.2) is 0 Å². The van der Waals surface area contributed by atoms with Crippen molar-refractivity contribution in [3.05, 3.63) is 29.3 Å². The van der Waals surface area contributed by atoms with Crippen molar-refractivity contribution in [2.75, 3.05) is 19.7 Å². The van der Waals surface area contributed by atoms with Crippen LogP contribution in [-0.2, 0) is 4.79 Å². The van der Waals surface area contributed by atoms with Crippen molar-refractivity contribution in [1.82, 2.24) is 4.90 Å². The summed E-state index contributed by atoms with van der Waals surface area (Å²) in [5.41, 5.74) is 2.33. The third-order valence-electron chi connectivity index (χ3n) is 4.19. The molecule has 2 rings (SSSR count). The average molecular weight is 289 g/mol. The average Bonchev–Trinajstić information content (AvgIpc) is 2.75. The fraction of sp³-hybridized carbons (Fsp3) is 0.611. The normalized spacial score (nSPS) is 15.9. The van der Waals surface area contributed by atoms with E-state index < -0.39 is 0 Å². The van der Waals surface area contributed by atoms with Gasteiger partial charge in [0.25, 0.3) is 5.91 Å². The molecule has 0 saturated carbocycles. The molecule has 0 bridgehead atoms. The number of carbonyl (C=O) groups is 1. The number of carbonyl (C=O) groups excluding carboxylic acids is 1. The van der Waals surface area contributed by atoms with Crippen LogP contribution in [0.15, 0.2) is 18.2 Å². The molecule has 1 fully saturated rings. The minimum absolute atomic E-state index is 0.117. The molecule has 0 N–H and O–H groups in total. The zero-order valence-corrected chi connectivity index (χ0v) is 13.5. The Morgan fingerprint density at radius 1 is 1.19 bits per heavy atom. The SMILES string of the molecule is Cc1ccc(C(C)C)cc1OCC(=O)N1CCCCCC1. The van der Waals surface area contributed by atoms with Crippen molar-refractivity contribution in [3.63, 3.8) is 0 Å². The van der Waals surface area contributed by atoms with Crippen LogP contribution in [0.4, 0.5) is 0 Å². The van der Waals surface area contributed by atoms with Crippen molar-refractivity contribution in [2.45, 2.75) is 52.4 Å². The second kappa shape index (κ2) is 7.48. The molecule has 3 heteroatoms. The lowest BCUT2D eigenvalue weighted by Crippen LogP contribution is -2.35. The van der Waals surface area contributed by atoms with Gasteiger partial charge in [-0.3, -0.25) is 4.79 Å². The van der Waals surface area contributed by atoms with Crippen molar-refractivity contribution in [3.8, 4) is 5.75 Å². The highest BCUT2D eigenvalue weighted by molar-refractivity contribution is 5.77. The first-order valence-corrected chi connectivity index (χ1v) is 8.09. The Labute approximate surface area is 128 Å². The molecule has 21 heavy (non-hydrogen) atoms. The first kappa shape index (κ1) is 15.9. The predicted octanol–water partition coefficient (Wildman–Crippen LogP) is 3.90. The van der Waals surface area contributed by atoms with E-state index in [1.54, 1.807) is 0 Å². The summed E-state index contributed by atoms with van der Waals surface area (Å²) in [6, 6.07) is 6.26. The standard InChI is InChI=1S/C18H27NO2/c1-14(2)16-9-8-15(3)17(12-16)21-13-18(20)19-10-6-4-5-7-11-19/h8-9,12,14H,4-7,10-11,13H2,1-3H3. The van der Waals surface area contributed by atoms with Gasteiger partial charge in [-0.1, -0.05) is 38.8 Å². The second-order valence-corrected chi connectivity index (χ2v) is 6.26. The van der Waals surface area contributed by atoms with Gasteiger partial charge in [-0.15, -0.1) is 0 Å². The van der Waals surface area contributed by atoms with Crippen molar-refractivity contribution in [1.29, 1.82) is 0 Å². The van der Waals surface area contributed by atoms with Gasteiger partial charge in [-0.05, 0) is 42.9 Å². The van der Waals surface area contributed by atoms with Crippen molar-refractivity contribution < 1.29 is 9.53 Å². The lowest BCUT2D eigenvalue weighted by molar-refractivity contribution is -0.133. The summed E-state index contributed by atoms with van der Waals surface area (Å²) in [4.78, 5) is 14.2. The number of nitrogens with zero attached hydrogens (tertiary/aromatic N) is 1. The lowest BCUT2D eigenvalue weighted by atomic mass is 10.0. The van der Waals surface area contributed by atoms with Crippen LogP contribution in [0.3, 0.4) is 0 Å². The van der Waals surface area contributed by atoms with Gasteiger partial charge in [0.2, 0.25) is 0 Å². The van der Waals surface area contributed by atoms with Crippen molar-refractivity contribution >= 4 is 5.91 Å². The Balaban J connectivity index is 1.95. The first-order valence-electron chi connectivity index (χ1n) is 8.09. The van der Waals surface area contributed by atoms with E-state index in [1.165, 1.54) is 18.4 Å². The van der Waals surface area contributed by atoms with Gasteiger partial charge in [0.05, 0.1) is 0 Å². The second-order valence-electron chi connectivity index (χ2n) is 6.26. The van der Waals surface area contributed by atoms with Crippen LogP contribution in [-0.4, -0.2) is 30.5 Å². The topological polar surface area (TPSA) is 29.5 Å². The number of ether oxygens (including phenoxy) is 1. The van der Waals surface area contributed by atoms with Crippen LogP contribution in [0.2, 0.25) is 0 Å². The number of rotatable bonds is 4. The van der Waals surface area contributed by atoms with E-state index in [4.69, 9.17) is 4.74 Å². The van der Waals surface area contributed by atoms with E-state index in [2.05, 4.69) is 32.0 Å². The lowest BCUT2D eigenvalue weighted by Gasteiger charge is -2.21. The smallest absolute Gasteiger partial charge is 0.260 e. The van der Waals surface area contributed by atoms with Gasteiger partial charge in [0.15, 0.2) is 6.61 Å². The fourth-order valence-electron chi connectivity index (χ4n) is 2.68. The van der Waals surface area contributed by atoms with E-state index in [0.717, 1.165) is 37.2 Å². The molecule has 3 nitrogen and oxygen atoms in total. The van der Waals surface area contributed by atoms with Gasteiger partial charge >= 0.3 is 0 Å². The van der Waals surface area contributed by atoms with Crippen LogP contribution < -0.4 is 4.74 Å². The zero-order valence-electron chi connectivity index (χ0n) is 13.5. The van der Waals surface area contributed by atoms with Gasteiger partial charge < -0.3 is 9.64 Å². The maximum atomic E-state index is 12.3. The summed E-state index contributed by atoms with van der Waals surface area (Å²) in [5, 5.41) is 0. The largest absolute Gasteiger partial charge is 0.483 e. The summed E-state index contributed by atoms with van der Waals surface area (Å²) in [6.07, 6.45) is 4.71. The molecule has 1 heterocycles. The Morgan fingerprint density at radius 2 is 1.86 bits per heavy atom. The predicted molar refractivity (Wildman–Crippen MR) is 85.8 cm³/mol. The zero-order chi connectivity index (χ0) is 15.2. The van der Waals surface area contributed by atoms with Crippen LogP contribution in [0.25, 0.3) is 0 Å². The summed E-state index contributed by atoms with van der Waals surface area (Å²) < 4.78 is 5.79. The number of benzene rings is 1. The maximum Gasteiger partial charge on any atom is 0.260 e. The third-order valence-corrected chi connectivity index (χ3v) is 4.19. The summed E-state index contributed by atoms with van der Waals surface area (Å²) >= 11 is 0. The quantitative estimate of drug-likeness (QED) is 0.841. The summed E-state index contributed by atoms with van der Waals surface area (Å²) in [7, 11) is 0. The minimum atomic E-state index is 0.117. The molecule has 0 aliphatic carbocycles. The number of aryl methyl sites for hydroxylation is 1. The maximum absolute atomic E-state index is 12.3. The van der Waals surface area contributed by atoms with Gasteiger partial charge in [0, 0.05) is 13.1 Å². The highest BCUT2D eigenvalue weighted by Gasteiger charge is 2.16.